The molecule has 2 aromatic carbocycles. The Kier molecular flexibility index (Phi) is 3.42. The average molecular weight is 432 g/mol. The zero-order valence-corrected chi connectivity index (χ0v) is 17.9. The summed E-state index contributed by atoms with van der Waals surface area (Å²) in [4.78, 5) is 33.1. The molecule has 0 unspecified atom stereocenters. The molecule has 164 valence electrons. The Labute approximate surface area is 185 Å². The second kappa shape index (κ2) is 5.74. The first-order chi connectivity index (χ1) is 15.4. The summed E-state index contributed by atoms with van der Waals surface area (Å²) in [6, 6.07) is 13.7. The maximum Gasteiger partial charge on any atom is 0.187 e. The molecule has 6 heteroatoms. The number of aliphatic hydroxyl groups is 1. The highest BCUT2D eigenvalue weighted by Gasteiger charge is 2.91. The molecule has 3 heterocycles. The zero-order valence-electron chi connectivity index (χ0n) is 17.9. The Morgan fingerprint density at radius 1 is 1.09 bits per heavy atom. The van der Waals surface area contributed by atoms with E-state index in [0.717, 1.165) is 18.4 Å². The fourth-order valence-corrected chi connectivity index (χ4v) is 8.59. The van der Waals surface area contributed by atoms with Crippen LogP contribution in [0, 0.1) is 17.2 Å². The fourth-order valence-electron chi connectivity index (χ4n) is 8.59. The van der Waals surface area contributed by atoms with E-state index in [1.54, 1.807) is 18.2 Å². The van der Waals surface area contributed by atoms with Crippen LogP contribution in [0.2, 0.25) is 0 Å². The van der Waals surface area contributed by atoms with Crippen LogP contribution in [0.25, 0.3) is 0 Å². The first-order valence-electron chi connectivity index (χ1n) is 11.5. The summed E-state index contributed by atoms with van der Waals surface area (Å²) in [5.41, 5.74) is -1.90. The lowest BCUT2D eigenvalue weighted by molar-refractivity contribution is -0.137. The van der Waals surface area contributed by atoms with Gasteiger partial charge in [-0.05, 0) is 49.7 Å². The number of piperidine rings is 1. The minimum atomic E-state index is -1.56. The average Bonchev–Trinajstić information content (AvgIpc) is 3.41. The van der Waals surface area contributed by atoms with Crippen LogP contribution in [0.1, 0.15) is 40.2 Å². The molecule has 2 spiro atoms. The Morgan fingerprint density at radius 2 is 1.84 bits per heavy atom. The highest BCUT2D eigenvalue weighted by Crippen LogP contribution is 2.76. The van der Waals surface area contributed by atoms with E-state index in [9.17, 15) is 19.1 Å². The maximum absolute atomic E-state index is 14.4. The van der Waals surface area contributed by atoms with Crippen molar-refractivity contribution in [2.45, 2.75) is 35.9 Å². The summed E-state index contributed by atoms with van der Waals surface area (Å²) >= 11 is 0. The minimum absolute atomic E-state index is 0.00433. The van der Waals surface area contributed by atoms with Crippen molar-refractivity contribution in [1.82, 2.24) is 9.80 Å². The second-order valence-corrected chi connectivity index (χ2v) is 10.4. The van der Waals surface area contributed by atoms with Gasteiger partial charge in [0.15, 0.2) is 11.6 Å². The van der Waals surface area contributed by atoms with E-state index >= 15 is 0 Å². The van der Waals surface area contributed by atoms with Crippen LogP contribution < -0.4 is 0 Å². The number of hydrogen-bond acceptors (Lipinski definition) is 5. The van der Waals surface area contributed by atoms with Crippen LogP contribution in [0.5, 0.6) is 0 Å². The topological polar surface area (TPSA) is 60.9 Å². The SMILES string of the molecule is CN1C[C@H]2C(=O)[C@]3(C1)[C@@H](c1ccc(F)cc1)[C@@H]1CCCN1[C@@]31C(=O)c3ccccc3[C@@]21O. The van der Waals surface area contributed by atoms with Gasteiger partial charge >= 0.3 is 0 Å². The van der Waals surface area contributed by atoms with E-state index in [-0.39, 0.29) is 29.3 Å². The van der Waals surface area contributed by atoms with Crippen LogP contribution in [0.3, 0.4) is 0 Å². The summed E-state index contributed by atoms with van der Waals surface area (Å²) in [5.74, 6) is -1.36. The van der Waals surface area contributed by atoms with E-state index in [4.69, 9.17) is 0 Å². The summed E-state index contributed by atoms with van der Waals surface area (Å²) in [5, 5.41) is 12.7. The first kappa shape index (κ1) is 19.1. The maximum atomic E-state index is 14.4. The molecule has 1 N–H and O–H groups in total. The van der Waals surface area contributed by atoms with Crippen molar-refractivity contribution in [2.75, 3.05) is 26.7 Å². The number of hydrogen-bond donors (Lipinski definition) is 1. The molecule has 6 atom stereocenters. The molecule has 1 saturated carbocycles. The Balaban J connectivity index is 1.60. The summed E-state index contributed by atoms with van der Waals surface area (Å²) < 4.78 is 13.8. The molecule has 5 aliphatic rings. The summed E-state index contributed by atoms with van der Waals surface area (Å²) in [6.07, 6.45) is 1.77. The lowest BCUT2D eigenvalue weighted by atomic mass is 9.59. The van der Waals surface area contributed by atoms with Crippen molar-refractivity contribution in [3.05, 3.63) is 71.0 Å². The number of fused-ring (bicyclic) bond motifs is 5. The normalized spacial score (nSPS) is 42.2. The monoisotopic (exact) mass is 432 g/mol. The number of ketones is 2. The van der Waals surface area contributed by atoms with Gasteiger partial charge < -0.3 is 10.0 Å². The quantitative estimate of drug-likeness (QED) is 0.750. The minimum Gasteiger partial charge on any atom is -0.382 e. The number of rotatable bonds is 1. The molecule has 5 nitrogen and oxygen atoms in total. The van der Waals surface area contributed by atoms with Gasteiger partial charge in [-0.25, -0.2) is 4.39 Å². The van der Waals surface area contributed by atoms with Crippen LogP contribution >= 0.6 is 0 Å². The lowest BCUT2D eigenvalue weighted by Gasteiger charge is -2.47. The van der Waals surface area contributed by atoms with E-state index in [0.29, 0.717) is 30.8 Å². The molecule has 0 amide bonds. The summed E-state index contributed by atoms with van der Waals surface area (Å²) in [6.45, 7) is 1.52. The predicted octanol–water partition coefficient (Wildman–Crippen LogP) is 2.34. The van der Waals surface area contributed by atoms with Gasteiger partial charge in [0.05, 0.1) is 11.3 Å². The van der Waals surface area contributed by atoms with Crippen molar-refractivity contribution in [1.29, 1.82) is 0 Å². The van der Waals surface area contributed by atoms with E-state index in [1.807, 2.05) is 25.2 Å². The van der Waals surface area contributed by atoms with Gasteiger partial charge in [0, 0.05) is 30.6 Å². The smallest absolute Gasteiger partial charge is 0.187 e. The van der Waals surface area contributed by atoms with Gasteiger partial charge in [-0.15, -0.1) is 0 Å². The predicted molar refractivity (Wildman–Crippen MR) is 115 cm³/mol. The Bertz CT molecular complexity index is 1200. The molecule has 3 aliphatic heterocycles. The van der Waals surface area contributed by atoms with Crippen molar-refractivity contribution >= 4 is 11.6 Å². The molecular weight excluding hydrogens is 407 g/mol. The number of benzene rings is 2. The molecule has 0 radical (unpaired) electrons. The van der Waals surface area contributed by atoms with Gasteiger partial charge in [-0.3, -0.25) is 14.5 Å². The van der Waals surface area contributed by atoms with E-state index < -0.39 is 22.5 Å². The van der Waals surface area contributed by atoms with Gasteiger partial charge in [-0.2, -0.15) is 0 Å². The van der Waals surface area contributed by atoms with E-state index in [2.05, 4.69) is 9.80 Å². The summed E-state index contributed by atoms with van der Waals surface area (Å²) in [7, 11) is 1.97. The van der Waals surface area contributed by atoms with Gasteiger partial charge in [-0.1, -0.05) is 36.4 Å². The van der Waals surface area contributed by atoms with Crippen molar-refractivity contribution in [2.24, 2.45) is 11.3 Å². The number of carbonyl (C=O) groups is 2. The molecule has 3 saturated heterocycles. The van der Waals surface area contributed by atoms with Gasteiger partial charge in [0.1, 0.15) is 17.0 Å². The standard InChI is InChI=1S/C26H25FN2O3/c1-28-13-19-23(31)24(14-28)21(15-8-10-16(27)11-9-15)20-7-4-12-29(20)26(24)22(30)17-5-2-3-6-18(17)25(19,26)32/h2-3,5-6,8-11,19-21,32H,4,7,12-14H2,1H3/t19-,20-,21-,24-,25+,26-/m0/s1. The van der Waals surface area contributed by atoms with Crippen LogP contribution in [-0.2, 0) is 10.4 Å². The van der Waals surface area contributed by atoms with Crippen molar-refractivity contribution in [3.63, 3.8) is 0 Å². The molecule has 7 rings (SSSR count). The molecule has 2 aromatic rings. The number of nitrogens with zero attached hydrogens (tertiary/aromatic N) is 2. The van der Waals surface area contributed by atoms with Crippen LogP contribution in [0.4, 0.5) is 4.39 Å². The van der Waals surface area contributed by atoms with Crippen molar-refractivity contribution < 1.29 is 19.1 Å². The number of likely N-dealkylation sites (tertiary alicyclic amines) is 1. The van der Waals surface area contributed by atoms with E-state index in [1.165, 1.54) is 12.1 Å². The number of Topliss-reactive ketones (excluding diaryl/α,β-unsaturated/α-hetero) is 2. The lowest BCUT2D eigenvalue weighted by Crippen LogP contribution is -2.66. The first-order valence-corrected chi connectivity index (χ1v) is 11.5. The highest BCUT2D eigenvalue weighted by atomic mass is 19.1. The largest absolute Gasteiger partial charge is 0.382 e. The number of halogens is 1. The highest BCUT2D eigenvalue weighted by molar-refractivity contribution is 6.18. The van der Waals surface area contributed by atoms with Crippen molar-refractivity contribution in [3.8, 4) is 0 Å². The third-order valence-corrected chi connectivity index (χ3v) is 9.26. The molecule has 0 aromatic heterocycles. The second-order valence-electron chi connectivity index (χ2n) is 10.4. The molecule has 4 fully saturated rings. The Hall–Kier alpha value is -2.41. The molecule has 2 aliphatic carbocycles. The third kappa shape index (κ3) is 1.69. The van der Waals surface area contributed by atoms with Crippen LogP contribution in [0.15, 0.2) is 48.5 Å². The van der Waals surface area contributed by atoms with Gasteiger partial charge in [0.25, 0.3) is 0 Å². The third-order valence-electron chi connectivity index (χ3n) is 9.26. The molecule has 2 bridgehead atoms. The molecule has 32 heavy (non-hydrogen) atoms. The molecular formula is C26H25FN2O3. The zero-order chi connectivity index (χ0) is 22.0. The van der Waals surface area contributed by atoms with Crippen LogP contribution in [-0.4, -0.2) is 64.7 Å². The fraction of sp³-hybridized carbons (Fsp3) is 0.462. The van der Waals surface area contributed by atoms with Gasteiger partial charge in [0.2, 0.25) is 0 Å². The number of carbonyl (C=O) groups excluding carboxylic acids is 2. The Morgan fingerprint density at radius 3 is 2.62 bits per heavy atom.